The number of ether oxygens (including phenoxy) is 4. The topological polar surface area (TPSA) is 36.9 Å². The van der Waals surface area contributed by atoms with Crippen molar-refractivity contribution in [1.29, 1.82) is 0 Å². The van der Waals surface area contributed by atoms with Gasteiger partial charge >= 0.3 is 0 Å². The molecule has 0 aromatic heterocycles. The maximum atomic E-state index is 5.97. The van der Waals surface area contributed by atoms with E-state index >= 15 is 0 Å². The van der Waals surface area contributed by atoms with Gasteiger partial charge in [0.15, 0.2) is 0 Å². The second kappa shape index (κ2) is 10.3. The molecule has 24 heavy (non-hydrogen) atoms. The molecule has 2 aromatic rings. The van der Waals surface area contributed by atoms with Gasteiger partial charge in [0.25, 0.3) is 0 Å². The van der Waals surface area contributed by atoms with E-state index in [2.05, 4.69) is 31.9 Å². The second-order valence-electron chi connectivity index (χ2n) is 5.03. The number of rotatable bonds is 9. The first kappa shape index (κ1) is 19.6. The summed E-state index contributed by atoms with van der Waals surface area (Å²) in [6.45, 7) is 0.312. The molecule has 6 heteroatoms. The summed E-state index contributed by atoms with van der Waals surface area (Å²) in [5, 5.41) is 0. The van der Waals surface area contributed by atoms with E-state index in [1.165, 1.54) is 0 Å². The van der Waals surface area contributed by atoms with Crippen molar-refractivity contribution in [3.8, 4) is 0 Å². The largest absolute Gasteiger partial charge is 0.359 e. The van der Waals surface area contributed by atoms with Gasteiger partial charge in [0.2, 0.25) is 0 Å². The van der Waals surface area contributed by atoms with E-state index < -0.39 is 0 Å². The monoisotopic (exact) mass is 458 g/mol. The molecular formula is C18H20Br2O4. The highest BCUT2D eigenvalue weighted by molar-refractivity contribution is 9.10. The van der Waals surface area contributed by atoms with E-state index in [0.29, 0.717) is 0 Å². The molecule has 2 atom stereocenters. The quantitative estimate of drug-likeness (QED) is 0.481. The molecular weight excluding hydrogens is 440 g/mol. The Morgan fingerprint density at radius 2 is 1.08 bits per heavy atom. The number of hydrogen-bond donors (Lipinski definition) is 0. The molecule has 0 N–H and O–H groups in total. The third-order valence-corrected chi connectivity index (χ3v) is 4.87. The van der Waals surface area contributed by atoms with Crippen molar-refractivity contribution >= 4 is 31.9 Å². The van der Waals surface area contributed by atoms with Gasteiger partial charge < -0.3 is 18.9 Å². The van der Waals surface area contributed by atoms with Gasteiger partial charge in [-0.25, -0.2) is 0 Å². The highest BCUT2D eigenvalue weighted by Crippen LogP contribution is 2.40. The van der Waals surface area contributed by atoms with E-state index in [1.54, 1.807) is 14.2 Å². The Kier molecular flexibility index (Phi) is 8.38. The highest BCUT2D eigenvalue weighted by atomic mass is 79.9. The third-order valence-electron chi connectivity index (χ3n) is 3.43. The first-order valence-corrected chi connectivity index (χ1v) is 8.97. The number of methoxy groups -OCH3 is 2. The van der Waals surface area contributed by atoms with Gasteiger partial charge in [-0.2, -0.15) is 0 Å². The Bertz CT molecular complexity index is 580. The van der Waals surface area contributed by atoms with Crippen molar-refractivity contribution in [2.75, 3.05) is 27.8 Å². The third kappa shape index (κ3) is 5.12. The summed E-state index contributed by atoms with van der Waals surface area (Å²) in [7, 11) is 3.20. The Balaban J connectivity index is 2.44. The maximum Gasteiger partial charge on any atom is 0.147 e. The van der Waals surface area contributed by atoms with E-state index in [-0.39, 0.29) is 25.8 Å². The molecule has 0 saturated carbocycles. The smallest absolute Gasteiger partial charge is 0.147 e. The van der Waals surface area contributed by atoms with Gasteiger partial charge in [-0.1, -0.05) is 68.3 Å². The standard InChI is InChI=1S/C18H20Br2O4/c1-21-11-23-17(13-7-3-5-9-15(13)19)18(24-12-22-2)14-8-4-6-10-16(14)20/h3-10,17-18H,11-12H2,1-2H3/t17-,18-/m1/s1. The minimum atomic E-state index is -0.366. The molecule has 4 nitrogen and oxygen atoms in total. The summed E-state index contributed by atoms with van der Waals surface area (Å²) in [5.74, 6) is 0. The van der Waals surface area contributed by atoms with Crippen LogP contribution in [-0.2, 0) is 18.9 Å². The molecule has 0 aliphatic heterocycles. The van der Waals surface area contributed by atoms with Crippen LogP contribution in [0.3, 0.4) is 0 Å². The average Bonchev–Trinajstić information content (AvgIpc) is 2.60. The molecule has 0 heterocycles. The summed E-state index contributed by atoms with van der Waals surface area (Å²) >= 11 is 7.19. The SMILES string of the molecule is COCO[C@H](c1ccccc1Br)[C@H](OCOC)c1ccccc1Br. The summed E-state index contributed by atoms with van der Waals surface area (Å²) < 4.78 is 24.1. The van der Waals surface area contributed by atoms with Crippen LogP contribution in [0.5, 0.6) is 0 Å². The molecule has 0 aliphatic carbocycles. The lowest BCUT2D eigenvalue weighted by atomic mass is 9.98. The zero-order valence-electron chi connectivity index (χ0n) is 13.6. The van der Waals surface area contributed by atoms with Crippen LogP contribution in [0, 0.1) is 0 Å². The molecule has 2 rings (SSSR count). The molecule has 130 valence electrons. The summed E-state index contributed by atoms with van der Waals surface area (Å²) in [6, 6.07) is 15.8. The minimum Gasteiger partial charge on any atom is -0.359 e. The van der Waals surface area contributed by atoms with Gasteiger partial charge in [0, 0.05) is 23.2 Å². The van der Waals surface area contributed by atoms with Gasteiger partial charge in [-0.15, -0.1) is 0 Å². The van der Waals surface area contributed by atoms with Crippen LogP contribution < -0.4 is 0 Å². The van der Waals surface area contributed by atoms with E-state index in [1.807, 2.05) is 48.5 Å². The molecule has 2 aromatic carbocycles. The Morgan fingerprint density at radius 1 is 0.708 bits per heavy atom. The van der Waals surface area contributed by atoms with Gasteiger partial charge in [-0.3, -0.25) is 0 Å². The zero-order chi connectivity index (χ0) is 17.4. The Hall–Kier alpha value is -0.760. The maximum absolute atomic E-state index is 5.97. The summed E-state index contributed by atoms with van der Waals surface area (Å²) in [4.78, 5) is 0. The van der Waals surface area contributed by atoms with Crippen molar-refractivity contribution in [2.45, 2.75) is 12.2 Å². The van der Waals surface area contributed by atoms with Crippen LogP contribution in [0.4, 0.5) is 0 Å². The first-order valence-electron chi connectivity index (χ1n) is 7.39. The summed E-state index contributed by atoms with van der Waals surface area (Å²) in [6.07, 6.45) is -0.733. The van der Waals surface area contributed by atoms with Crippen molar-refractivity contribution in [3.63, 3.8) is 0 Å². The fourth-order valence-corrected chi connectivity index (χ4v) is 3.40. The Morgan fingerprint density at radius 3 is 1.42 bits per heavy atom. The van der Waals surface area contributed by atoms with Crippen LogP contribution in [0.1, 0.15) is 23.3 Å². The van der Waals surface area contributed by atoms with Crippen LogP contribution in [0.15, 0.2) is 57.5 Å². The predicted molar refractivity (Wildman–Crippen MR) is 99.7 cm³/mol. The predicted octanol–water partition coefficient (Wildman–Crippen LogP) is 5.24. The lowest BCUT2D eigenvalue weighted by Crippen LogP contribution is -2.20. The fraction of sp³-hybridized carbons (Fsp3) is 0.333. The fourth-order valence-electron chi connectivity index (χ4n) is 2.37. The molecule has 0 aliphatic rings. The summed E-state index contributed by atoms with van der Waals surface area (Å²) in [5.41, 5.74) is 1.96. The van der Waals surface area contributed by atoms with Crippen molar-refractivity contribution < 1.29 is 18.9 Å². The second-order valence-corrected chi connectivity index (χ2v) is 6.74. The molecule has 0 unspecified atom stereocenters. The van der Waals surface area contributed by atoms with Crippen molar-refractivity contribution in [1.82, 2.24) is 0 Å². The number of halogens is 2. The van der Waals surface area contributed by atoms with Crippen LogP contribution in [0.25, 0.3) is 0 Å². The zero-order valence-corrected chi connectivity index (χ0v) is 16.7. The lowest BCUT2D eigenvalue weighted by molar-refractivity contribution is -0.162. The first-order chi connectivity index (χ1) is 11.7. The Labute approximate surface area is 159 Å². The number of benzene rings is 2. The van der Waals surface area contributed by atoms with Crippen LogP contribution >= 0.6 is 31.9 Å². The van der Waals surface area contributed by atoms with E-state index in [0.717, 1.165) is 20.1 Å². The van der Waals surface area contributed by atoms with E-state index in [4.69, 9.17) is 18.9 Å². The highest BCUT2D eigenvalue weighted by Gasteiger charge is 2.29. The van der Waals surface area contributed by atoms with Gasteiger partial charge in [-0.05, 0) is 23.3 Å². The molecule has 0 bridgehead atoms. The molecule has 0 radical (unpaired) electrons. The number of hydrogen-bond acceptors (Lipinski definition) is 4. The lowest BCUT2D eigenvalue weighted by Gasteiger charge is -2.29. The molecule has 0 fully saturated rings. The van der Waals surface area contributed by atoms with Crippen molar-refractivity contribution in [2.24, 2.45) is 0 Å². The normalized spacial score (nSPS) is 13.7. The van der Waals surface area contributed by atoms with Crippen LogP contribution in [-0.4, -0.2) is 27.8 Å². The van der Waals surface area contributed by atoms with Crippen LogP contribution in [0.2, 0.25) is 0 Å². The van der Waals surface area contributed by atoms with Crippen molar-refractivity contribution in [3.05, 3.63) is 68.6 Å². The molecule has 0 spiro atoms. The minimum absolute atomic E-state index is 0.156. The molecule has 0 amide bonds. The van der Waals surface area contributed by atoms with Gasteiger partial charge in [0.05, 0.1) is 0 Å². The van der Waals surface area contributed by atoms with Gasteiger partial charge in [0.1, 0.15) is 25.8 Å². The average molecular weight is 460 g/mol. The van der Waals surface area contributed by atoms with E-state index in [9.17, 15) is 0 Å². The molecule has 0 saturated heterocycles.